The molecule has 0 saturated carbocycles. The van der Waals surface area contributed by atoms with Crippen LogP contribution in [-0.4, -0.2) is 50.4 Å². The van der Waals surface area contributed by atoms with Gasteiger partial charge < -0.3 is 15.0 Å². The third-order valence-electron chi connectivity index (χ3n) is 5.10. The van der Waals surface area contributed by atoms with Gasteiger partial charge in [-0.25, -0.2) is 17.8 Å². The summed E-state index contributed by atoms with van der Waals surface area (Å²) >= 11 is 0. The minimum atomic E-state index is -3.47. The summed E-state index contributed by atoms with van der Waals surface area (Å²) in [7, 11) is -3.47. The molecule has 0 aliphatic carbocycles. The lowest BCUT2D eigenvalue weighted by Gasteiger charge is -2.24. The zero-order valence-electron chi connectivity index (χ0n) is 15.9. The van der Waals surface area contributed by atoms with Crippen molar-refractivity contribution < 1.29 is 17.5 Å². The first-order valence-electron chi connectivity index (χ1n) is 9.35. The lowest BCUT2D eigenvalue weighted by Crippen LogP contribution is -2.34. The van der Waals surface area contributed by atoms with Crippen molar-refractivity contribution in [2.45, 2.75) is 37.2 Å². The van der Waals surface area contributed by atoms with Crippen LogP contribution in [0.5, 0.6) is 5.88 Å². The first-order valence-corrected chi connectivity index (χ1v) is 11.2. The Morgan fingerprint density at radius 2 is 2.00 bits per heavy atom. The number of benzene rings is 1. The average Bonchev–Trinajstić information content (AvgIpc) is 3.05. The Labute approximate surface area is 163 Å². The smallest absolute Gasteiger partial charge is 0.222 e. The van der Waals surface area contributed by atoms with E-state index in [9.17, 15) is 12.8 Å². The normalized spacial score (nSPS) is 17.6. The van der Waals surface area contributed by atoms with Crippen molar-refractivity contribution in [3.8, 4) is 5.88 Å². The Bertz CT molecular complexity index is 1010. The van der Waals surface area contributed by atoms with Crippen LogP contribution in [0, 0.1) is 12.7 Å². The van der Waals surface area contributed by atoms with Gasteiger partial charge in [-0.05, 0) is 57.5 Å². The van der Waals surface area contributed by atoms with Gasteiger partial charge in [0.25, 0.3) is 0 Å². The number of aromatic nitrogens is 2. The number of halogens is 1. The molecule has 0 bridgehead atoms. The molecule has 1 aromatic carbocycles. The van der Waals surface area contributed by atoms with Crippen molar-refractivity contribution in [1.29, 1.82) is 0 Å². The Morgan fingerprint density at radius 1 is 1.25 bits per heavy atom. The zero-order valence-corrected chi connectivity index (χ0v) is 16.7. The Morgan fingerprint density at radius 3 is 2.68 bits per heavy atom. The van der Waals surface area contributed by atoms with Gasteiger partial charge in [-0.15, -0.1) is 0 Å². The van der Waals surface area contributed by atoms with E-state index in [1.807, 2.05) is 0 Å². The van der Waals surface area contributed by atoms with E-state index in [4.69, 9.17) is 4.74 Å². The molecule has 0 amide bonds. The second-order valence-electron chi connectivity index (χ2n) is 7.23. The number of piperidine rings is 1. The van der Waals surface area contributed by atoms with E-state index in [0.29, 0.717) is 36.2 Å². The van der Waals surface area contributed by atoms with Crippen molar-refractivity contribution in [2.24, 2.45) is 0 Å². The number of nitrogens with one attached hydrogen (secondary N) is 1. The topological polar surface area (TPSA) is 84.4 Å². The molecule has 150 valence electrons. The second kappa shape index (κ2) is 7.29. The van der Waals surface area contributed by atoms with Crippen LogP contribution >= 0.6 is 0 Å². The zero-order chi connectivity index (χ0) is 19.9. The van der Waals surface area contributed by atoms with Crippen molar-refractivity contribution in [1.82, 2.24) is 15.3 Å². The first-order chi connectivity index (χ1) is 13.3. The Kier molecular flexibility index (Phi) is 4.96. The molecule has 0 spiro atoms. The van der Waals surface area contributed by atoms with Gasteiger partial charge in [-0.1, -0.05) is 0 Å². The van der Waals surface area contributed by atoms with Crippen LogP contribution in [-0.2, 0) is 16.3 Å². The summed E-state index contributed by atoms with van der Waals surface area (Å²) in [5.74, 6) is 1.17. The molecule has 1 N–H and O–H groups in total. The highest BCUT2D eigenvalue weighted by atomic mass is 32.2. The van der Waals surface area contributed by atoms with Crippen LogP contribution in [0.15, 0.2) is 23.1 Å². The highest BCUT2D eigenvalue weighted by Gasteiger charge is 2.30. The number of aryl methyl sites for hydroxylation is 1. The van der Waals surface area contributed by atoms with Gasteiger partial charge in [-0.3, -0.25) is 0 Å². The highest BCUT2D eigenvalue weighted by Crippen LogP contribution is 2.39. The molecule has 2 aliphatic heterocycles. The van der Waals surface area contributed by atoms with Crippen LogP contribution in [0.3, 0.4) is 0 Å². The molecule has 9 heteroatoms. The molecular weight excluding hydrogens is 383 g/mol. The second-order valence-corrected chi connectivity index (χ2v) is 9.25. The van der Waals surface area contributed by atoms with Gasteiger partial charge in [0.2, 0.25) is 5.88 Å². The largest absolute Gasteiger partial charge is 0.474 e. The monoisotopic (exact) mass is 406 g/mol. The minimum Gasteiger partial charge on any atom is -0.474 e. The van der Waals surface area contributed by atoms with Gasteiger partial charge >= 0.3 is 0 Å². The van der Waals surface area contributed by atoms with E-state index in [-0.39, 0.29) is 11.0 Å². The summed E-state index contributed by atoms with van der Waals surface area (Å²) in [5, 5.41) is 3.31. The number of rotatable bonds is 4. The summed E-state index contributed by atoms with van der Waals surface area (Å²) < 4.78 is 44.2. The molecule has 1 fully saturated rings. The van der Waals surface area contributed by atoms with E-state index in [0.717, 1.165) is 43.8 Å². The van der Waals surface area contributed by atoms with E-state index < -0.39 is 15.7 Å². The van der Waals surface area contributed by atoms with Gasteiger partial charge in [0, 0.05) is 12.8 Å². The van der Waals surface area contributed by atoms with Gasteiger partial charge in [0.1, 0.15) is 23.6 Å². The predicted molar refractivity (Wildman–Crippen MR) is 104 cm³/mol. The van der Waals surface area contributed by atoms with Crippen molar-refractivity contribution in [3.63, 3.8) is 0 Å². The van der Waals surface area contributed by atoms with Crippen LogP contribution in [0.25, 0.3) is 0 Å². The lowest BCUT2D eigenvalue weighted by atomic mass is 10.1. The molecule has 4 rings (SSSR count). The molecule has 1 saturated heterocycles. The fourth-order valence-corrected chi connectivity index (χ4v) is 4.30. The van der Waals surface area contributed by atoms with E-state index in [2.05, 4.69) is 15.3 Å². The molecule has 2 aromatic rings. The van der Waals surface area contributed by atoms with Crippen LogP contribution in [0.4, 0.5) is 15.9 Å². The molecular formula is C19H23FN4O3S. The van der Waals surface area contributed by atoms with E-state index in [1.54, 1.807) is 11.8 Å². The van der Waals surface area contributed by atoms with Crippen molar-refractivity contribution in [2.75, 3.05) is 30.8 Å². The van der Waals surface area contributed by atoms with Gasteiger partial charge in [0.05, 0.1) is 16.1 Å². The molecule has 0 radical (unpaired) electrons. The van der Waals surface area contributed by atoms with Crippen LogP contribution < -0.4 is 15.0 Å². The maximum Gasteiger partial charge on any atom is 0.222 e. The summed E-state index contributed by atoms with van der Waals surface area (Å²) in [4.78, 5) is 10.7. The van der Waals surface area contributed by atoms with Crippen LogP contribution in [0.2, 0.25) is 0 Å². The summed E-state index contributed by atoms with van der Waals surface area (Å²) in [5.41, 5.74) is 1.17. The number of hydrogen-bond donors (Lipinski definition) is 1. The number of anilines is 2. The Balaban J connectivity index is 1.68. The van der Waals surface area contributed by atoms with Crippen LogP contribution in [0.1, 0.15) is 24.2 Å². The third kappa shape index (κ3) is 3.68. The third-order valence-corrected chi connectivity index (χ3v) is 6.21. The SMILES string of the molecule is Cc1nc(OC2CCNCC2)c2c(n1)N(c1ccc(S(C)(=O)=O)cc1F)CC2. The molecule has 0 unspecified atom stereocenters. The summed E-state index contributed by atoms with van der Waals surface area (Å²) in [6, 6.07) is 3.97. The van der Waals surface area contributed by atoms with E-state index in [1.165, 1.54) is 12.1 Å². The summed E-state index contributed by atoms with van der Waals surface area (Å²) in [6.07, 6.45) is 3.66. The quantitative estimate of drug-likeness (QED) is 0.833. The van der Waals surface area contributed by atoms with Crippen molar-refractivity contribution in [3.05, 3.63) is 35.4 Å². The Hall–Kier alpha value is -2.26. The first kappa shape index (κ1) is 19.1. The maximum atomic E-state index is 14.7. The number of ether oxygens (including phenoxy) is 1. The fraction of sp³-hybridized carbons (Fsp3) is 0.474. The van der Waals surface area contributed by atoms with Crippen molar-refractivity contribution >= 4 is 21.3 Å². The van der Waals surface area contributed by atoms with Gasteiger partial charge in [-0.2, -0.15) is 4.98 Å². The summed E-state index contributed by atoms with van der Waals surface area (Å²) in [6.45, 7) is 4.16. The van der Waals surface area contributed by atoms with Gasteiger partial charge in [0.15, 0.2) is 9.84 Å². The molecule has 3 heterocycles. The number of fused-ring (bicyclic) bond motifs is 1. The minimum absolute atomic E-state index is 0.0398. The molecule has 28 heavy (non-hydrogen) atoms. The number of hydrogen-bond acceptors (Lipinski definition) is 7. The standard InChI is InChI=1S/C19H23FN4O3S/c1-12-22-18-15(19(23-12)27-13-5-8-21-9-6-13)7-10-24(18)17-4-3-14(11-16(17)20)28(2,25)26/h3-4,11,13,21H,5-10H2,1-2H3. The van der Waals surface area contributed by atoms with E-state index >= 15 is 0 Å². The number of sulfone groups is 1. The average molecular weight is 406 g/mol. The fourth-order valence-electron chi connectivity index (χ4n) is 3.67. The lowest BCUT2D eigenvalue weighted by molar-refractivity contribution is 0.154. The highest BCUT2D eigenvalue weighted by molar-refractivity contribution is 7.90. The molecule has 0 atom stereocenters. The maximum absolute atomic E-state index is 14.7. The predicted octanol–water partition coefficient (Wildman–Crippen LogP) is 2.15. The molecule has 2 aliphatic rings. The number of nitrogens with zero attached hydrogens (tertiary/aromatic N) is 3. The molecule has 7 nitrogen and oxygen atoms in total. The molecule has 1 aromatic heterocycles.